The van der Waals surface area contributed by atoms with E-state index >= 15 is 0 Å². The predicted octanol–water partition coefficient (Wildman–Crippen LogP) is 2.13. The summed E-state index contributed by atoms with van der Waals surface area (Å²) < 4.78 is 1.11. The van der Waals surface area contributed by atoms with Crippen molar-refractivity contribution < 1.29 is 5.11 Å². The van der Waals surface area contributed by atoms with Gasteiger partial charge in [0.2, 0.25) is 0 Å². The fourth-order valence-corrected chi connectivity index (χ4v) is 2.87. The molecular weight excluding hydrogens is 280 g/mol. The Labute approximate surface area is 111 Å². The molecule has 0 aromatic heterocycles. The van der Waals surface area contributed by atoms with Crippen LogP contribution in [0, 0.1) is 0 Å². The number of hydrogen-bond acceptors (Lipinski definition) is 3. The molecule has 4 heteroatoms. The van der Waals surface area contributed by atoms with E-state index in [9.17, 15) is 5.11 Å². The lowest BCUT2D eigenvalue weighted by Gasteiger charge is -2.26. The standard InChI is InChI=1S/C13H19BrN2O/c14-11-4-1-2-5-12(11)16-8-3-6-13(17,10-15)7-9-16/h1-2,4-5,17H,3,6-10,15H2. The first-order chi connectivity index (χ1) is 8.14. The average Bonchev–Trinajstić information content (AvgIpc) is 2.53. The third kappa shape index (κ3) is 3.00. The summed E-state index contributed by atoms with van der Waals surface area (Å²) in [7, 11) is 0. The quantitative estimate of drug-likeness (QED) is 0.879. The molecule has 3 N–H and O–H groups in total. The van der Waals surface area contributed by atoms with Crippen molar-refractivity contribution in [3.8, 4) is 0 Å². The van der Waals surface area contributed by atoms with Gasteiger partial charge in [-0.15, -0.1) is 0 Å². The Morgan fingerprint density at radius 2 is 2.06 bits per heavy atom. The van der Waals surface area contributed by atoms with Crippen molar-refractivity contribution in [3.05, 3.63) is 28.7 Å². The van der Waals surface area contributed by atoms with E-state index in [0.717, 1.165) is 36.8 Å². The summed E-state index contributed by atoms with van der Waals surface area (Å²) in [5.41, 5.74) is 6.18. The van der Waals surface area contributed by atoms with Crippen LogP contribution in [0.3, 0.4) is 0 Å². The molecule has 3 nitrogen and oxygen atoms in total. The Kier molecular flexibility index (Phi) is 4.07. The minimum absolute atomic E-state index is 0.358. The van der Waals surface area contributed by atoms with E-state index in [0.29, 0.717) is 6.54 Å². The molecule has 0 aliphatic carbocycles. The predicted molar refractivity (Wildman–Crippen MR) is 74.2 cm³/mol. The molecule has 0 amide bonds. The first-order valence-corrected chi connectivity index (χ1v) is 6.86. The van der Waals surface area contributed by atoms with Gasteiger partial charge in [-0.2, -0.15) is 0 Å². The number of benzene rings is 1. The lowest BCUT2D eigenvalue weighted by atomic mass is 9.95. The van der Waals surface area contributed by atoms with Crippen LogP contribution < -0.4 is 10.6 Å². The summed E-state index contributed by atoms with van der Waals surface area (Å²) in [6.07, 6.45) is 2.52. The molecule has 1 aromatic carbocycles. The molecule has 1 saturated heterocycles. The molecule has 17 heavy (non-hydrogen) atoms. The minimum Gasteiger partial charge on any atom is -0.389 e. The van der Waals surface area contributed by atoms with Crippen molar-refractivity contribution in [1.82, 2.24) is 0 Å². The molecule has 1 fully saturated rings. The van der Waals surface area contributed by atoms with Gasteiger partial charge in [-0.25, -0.2) is 0 Å². The summed E-state index contributed by atoms with van der Waals surface area (Å²) >= 11 is 3.57. The number of hydrogen-bond donors (Lipinski definition) is 2. The number of nitrogens with two attached hydrogens (primary N) is 1. The van der Waals surface area contributed by atoms with Crippen LogP contribution in [-0.2, 0) is 0 Å². The van der Waals surface area contributed by atoms with E-state index in [1.54, 1.807) is 0 Å². The summed E-state index contributed by atoms with van der Waals surface area (Å²) in [4.78, 5) is 2.32. The Morgan fingerprint density at radius 3 is 2.76 bits per heavy atom. The monoisotopic (exact) mass is 298 g/mol. The fourth-order valence-electron chi connectivity index (χ4n) is 2.33. The Hall–Kier alpha value is -0.580. The molecule has 2 rings (SSSR count). The van der Waals surface area contributed by atoms with E-state index in [2.05, 4.69) is 33.0 Å². The zero-order chi connectivity index (χ0) is 12.3. The van der Waals surface area contributed by atoms with Crippen molar-refractivity contribution in [2.24, 2.45) is 5.73 Å². The van der Waals surface area contributed by atoms with Crippen LogP contribution in [0.1, 0.15) is 19.3 Å². The third-order valence-corrected chi connectivity index (χ3v) is 4.16. The normalized spacial score (nSPS) is 25.7. The van der Waals surface area contributed by atoms with Gasteiger partial charge in [-0.1, -0.05) is 12.1 Å². The molecule has 1 atom stereocenters. The van der Waals surface area contributed by atoms with Crippen molar-refractivity contribution in [1.29, 1.82) is 0 Å². The van der Waals surface area contributed by atoms with E-state index in [1.165, 1.54) is 5.69 Å². The van der Waals surface area contributed by atoms with Gasteiger partial charge in [0, 0.05) is 24.1 Å². The van der Waals surface area contributed by atoms with Gasteiger partial charge in [-0.05, 0) is 47.3 Å². The summed E-state index contributed by atoms with van der Waals surface area (Å²) in [5, 5.41) is 10.2. The molecule has 1 aliphatic heterocycles. The van der Waals surface area contributed by atoms with Gasteiger partial charge in [0.1, 0.15) is 0 Å². The highest BCUT2D eigenvalue weighted by atomic mass is 79.9. The van der Waals surface area contributed by atoms with Gasteiger partial charge in [0.25, 0.3) is 0 Å². The van der Waals surface area contributed by atoms with Crippen LogP contribution in [0.15, 0.2) is 28.7 Å². The second-order valence-electron chi connectivity index (χ2n) is 4.72. The lowest BCUT2D eigenvalue weighted by Crippen LogP contribution is -2.38. The topological polar surface area (TPSA) is 49.5 Å². The molecule has 94 valence electrons. The zero-order valence-corrected chi connectivity index (χ0v) is 11.5. The highest BCUT2D eigenvalue weighted by Crippen LogP contribution is 2.30. The molecule has 0 spiro atoms. The Bertz CT molecular complexity index is 385. The number of anilines is 1. The number of aliphatic hydroxyl groups is 1. The van der Waals surface area contributed by atoms with Gasteiger partial charge < -0.3 is 15.7 Å². The number of nitrogens with zero attached hydrogens (tertiary/aromatic N) is 1. The molecule has 0 radical (unpaired) electrons. The van der Waals surface area contributed by atoms with Crippen molar-refractivity contribution in [2.45, 2.75) is 24.9 Å². The molecule has 0 bridgehead atoms. The van der Waals surface area contributed by atoms with Gasteiger partial charge in [0.15, 0.2) is 0 Å². The van der Waals surface area contributed by atoms with Crippen LogP contribution >= 0.6 is 15.9 Å². The van der Waals surface area contributed by atoms with E-state index in [4.69, 9.17) is 5.73 Å². The fraction of sp³-hybridized carbons (Fsp3) is 0.538. The molecule has 1 aromatic rings. The van der Waals surface area contributed by atoms with Crippen LogP contribution in [0.5, 0.6) is 0 Å². The maximum absolute atomic E-state index is 10.2. The SMILES string of the molecule is NCC1(O)CCCN(c2ccccc2Br)CC1. The molecule has 0 saturated carbocycles. The van der Waals surface area contributed by atoms with E-state index < -0.39 is 5.60 Å². The third-order valence-electron chi connectivity index (χ3n) is 3.49. The minimum atomic E-state index is -0.671. The highest BCUT2D eigenvalue weighted by molar-refractivity contribution is 9.10. The highest BCUT2D eigenvalue weighted by Gasteiger charge is 2.28. The summed E-state index contributed by atoms with van der Waals surface area (Å²) in [5.74, 6) is 0. The second-order valence-corrected chi connectivity index (χ2v) is 5.57. The second kappa shape index (κ2) is 5.38. The van der Waals surface area contributed by atoms with Gasteiger partial charge >= 0.3 is 0 Å². The first-order valence-electron chi connectivity index (χ1n) is 6.06. The smallest absolute Gasteiger partial charge is 0.0786 e. The molecule has 1 aliphatic rings. The van der Waals surface area contributed by atoms with Crippen LogP contribution in [0.25, 0.3) is 0 Å². The number of rotatable bonds is 2. The van der Waals surface area contributed by atoms with Crippen molar-refractivity contribution >= 4 is 21.6 Å². The maximum Gasteiger partial charge on any atom is 0.0786 e. The van der Waals surface area contributed by atoms with Crippen LogP contribution in [-0.4, -0.2) is 30.3 Å². The lowest BCUT2D eigenvalue weighted by molar-refractivity contribution is 0.0375. The van der Waals surface area contributed by atoms with Crippen molar-refractivity contribution in [3.63, 3.8) is 0 Å². The van der Waals surface area contributed by atoms with E-state index in [1.807, 2.05) is 12.1 Å². The molecule has 1 unspecified atom stereocenters. The summed E-state index contributed by atoms with van der Waals surface area (Å²) in [6.45, 7) is 2.19. The van der Waals surface area contributed by atoms with E-state index in [-0.39, 0.29) is 0 Å². The van der Waals surface area contributed by atoms with Crippen molar-refractivity contribution in [2.75, 3.05) is 24.5 Å². The average molecular weight is 299 g/mol. The first kappa shape index (κ1) is 12.9. The number of para-hydroxylation sites is 1. The van der Waals surface area contributed by atoms with Crippen LogP contribution in [0.2, 0.25) is 0 Å². The van der Waals surface area contributed by atoms with Crippen LogP contribution in [0.4, 0.5) is 5.69 Å². The van der Waals surface area contributed by atoms with Gasteiger partial charge in [0.05, 0.1) is 11.3 Å². The maximum atomic E-state index is 10.2. The molecular formula is C13H19BrN2O. The summed E-state index contributed by atoms with van der Waals surface area (Å²) in [6, 6.07) is 8.22. The largest absolute Gasteiger partial charge is 0.389 e. The Balaban J connectivity index is 2.12. The molecule has 1 heterocycles. The number of halogens is 1. The zero-order valence-electron chi connectivity index (χ0n) is 9.90. The Morgan fingerprint density at radius 1 is 1.29 bits per heavy atom. The van der Waals surface area contributed by atoms with Gasteiger partial charge in [-0.3, -0.25) is 0 Å².